The van der Waals surface area contributed by atoms with Crippen molar-refractivity contribution in [3.63, 3.8) is 0 Å². The highest BCUT2D eigenvalue weighted by atomic mass is 35.5. The van der Waals surface area contributed by atoms with E-state index in [0.717, 1.165) is 5.56 Å². The molecule has 0 radical (unpaired) electrons. The molecule has 0 saturated carbocycles. The minimum absolute atomic E-state index is 0.0403. The molecule has 0 bridgehead atoms. The molecule has 0 spiro atoms. The Bertz CT molecular complexity index is 1020. The van der Waals surface area contributed by atoms with Gasteiger partial charge in [-0.3, -0.25) is 9.59 Å². The van der Waals surface area contributed by atoms with E-state index in [-0.39, 0.29) is 30.2 Å². The molecule has 1 aliphatic heterocycles. The molecular weight excluding hydrogens is 434 g/mol. The minimum atomic E-state index is -3.11. The first-order chi connectivity index (χ1) is 14.1. The number of sulfone groups is 1. The number of ether oxygens (including phenoxy) is 1. The van der Waals surface area contributed by atoms with Crippen LogP contribution in [0.2, 0.25) is 5.02 Å². The van der Waals surface area contributed by atoms with E-state index >= 15 is 0 Å². The fourth-order valence-electron chi connectivity index (χ4n) is 3.14. The first-order valence-electron chi connectivity index (χ1n) is 9.40. The van der Waals surface area contributed by atoms with Gasteiger partial charge in [0.05, 0.1) is 17.9 Å². The van der Waals surface area contributed by atoms with E-state index in [1.165, 1.54) is 18.9 Å². The van der Waals surface area contributed by atoms with Gasteiger partial charge >= 0.3 is 5.97 Å². The Balaban J connectivity index is 1.48. The number of carbonyl (C=O) groups is 2. The van der Waals surface area contributed by atoms with Crippen LogP contribution in [0.1, 0.15) is 25.7 Å². The lowest BCUT2D eigenvalue weighted by Gasteiger charge is -2.26. The summed E-state index contributed by atoms with van der Waals surface area (Å²) in [6.45, 7) is 1.46. The van der Waals surface area contributed by atoms with Crippen molar-refractivity contribution in [2.75, 3.05) is 18.6 Å². The number of esters is 1. The van der Waals surface area contributed by atoms with Crippen molar-refractivity contribution in [1.82, 2.24) is 15.0 Å². The second-order valence-electron chi connectivity index (χ2n) is 7.16. The zero-order valence-electron chi connectivity index (χ0n) is 16.6. The Morgan fingerprint density at radius 1 is 1.33 bits per heavy atom. The van der Waals surface area contributed by atoms with Gasteiger partial charge in [0.15, 0.2) is 15.9 Å². The van der Waals surface area contributed by atoms with Crippen molar-refractivity contribution < 1.29 is 27.3 Å². The van der Waals surface area contributed by atoms with E-state index in [1.807, 2.05) is 0 Å². The molecule has 0 aliphatic carbocycles. The summed E-state index contributed by atoms with van der Waals surface area (Å²) in [5, 5.41) is 4.46. The van der Waals surface area contributed by atoms with Crippen molar-refractivity contribution in [2.24, 2.45) is 0 Å². The maximum Gasteiger partial charge on any atom is 0.307 e. The Kier molecular flexibility index (Phi) is 6.77. The number of carbonyl (C=O) groups excluding carboxylic acids is 2. The molecule has 162 valence electrons. The lowest BCUT2D eigenvalue weighted by Crippen LogP contribution is -2.44. The van der Waals surface area contributed by atoms with Gasteiger partial charge in [-0.25, -0.2) is 8.42 Å². The van der Waals surface area contributed by atoms with Gasteiger partial charge in [0.1, 0.15) is 0 Å². The molecule has 2 heterocycles. The molecule has 2 atom stereocenters. The summed E-state index contributed by atoms with van der Waals surface area (Å²) in [7, 11) is -1.59. The van der Waals surface area contributed by atoms with Gasteiger partial charge in [-0.15, -0.1) is 0 Å². The lowest BCUT2D eigenvalue weighted by atomic mass is 10.2. The topological polar surface area (TPSA) is 120 Å². The summed E-state index contributed by atoms with van der Waals surface area (Å²) in [5.74, 6) is -0.382. The second-order valence-corrected chi connectivity index (χ2v) is 9.82. The van der Waals surface area contributed by atoms with Crippen LogP contribution in [0.4, 0.5) is 0 Å². The summed E-state index contributed by atoms with van der Waals surface area (Å²) in [4.78, 5) is 30.1. The quantitative estimate of drug-likeness (QED) is 0.580. The standard InChI is InChI=1S/C19H22ClN3O6S/c1-12(19(25)23(2)15-9-10-30(26,27)11-15)28-17(24)8-7-16-21-18(22-29-16)13-3-5-14(20)6-4-13/h3-6,12,15H,7-11H2,1-2H3/t12-,15-/m0/s1. The summed E-state index contributed by atoms with van der Waals surface area (Å²) in [6.07, 6.45) is -0.505. The monoisotopic (exact) mass is 455 g/mol. The number of nitrogens with zero attached hydrogens (tertiary/aromatic N) is 3. The van der Waals surface area contributed by atoms with E-state index in [2.05, 4.69) is 10.1 Å². The molecule has 9 nitrogen and oxygen atoms in total. The number of aryl methyl sites for hydroxylation is 1. The highest BCUT2D eigenvalue weighted by molar-refractivity contribution is 7.91. The third-order valence-corrected chi connectivity index (χ3v) is 6.88. The van der Waals surface area contributed by atoms with Gasteiger partial charge in [-0.1, -0.05) is 16.8 Å². The van der Waals surface area contributed by atoms with E-state index < -0.39 is 33.9 Å². The van der Waals surface area contributed by atoms with Gasteiger partial charge in [0.2, 0.25) is 11.7 Å². The fourth-order valence-corrected chi connectivity index (χ4v) is 5.04. The van der Waals surface area contributed by atoms with Crippen LogP contribution in [0, 0.1) is 0 Å². The zero-order valence-corrected chi connectivity index (χ0v) is 18.1. The van der Waals surface area contributed by atoms with Crippen molar-refractivity contribution in [3.05, 3.63) is 35.2 Å². The molecule has 2 aromatic rings. The largest absolute Gasteiger partial charge is 0.453 e. The molecule has 0 unspecified atom stereocenters. The highest BCUT2D eigenvalue weighted by Crippen LogP contribution is 2.20. The Labute approximate surface area is 179 Å². The van der Waals surface area contributed by atoms with Crippen LogP contribution in [-0.2, 0) is 30.6 Å². The predicted molar refractivity (Wildman–Crippen MR) is 108 cm³/mol. The summed E-state index contributed by atoms with van der Waals surface area (Å²) < 4.78 is 33.5. The third-order valence-electron chi connectivity index (χ3n) is 4.87. The number of likely N-dealkylation sites (N-methyl/N-ethyl adjacent to an activating group) is 1. The van der Waals surface area contributed by atoms with Gasteiger partial charge in [-0.2, -0.15) is 4.98 Å². The fraction of sp³-hybridized carbons (Fsp3) is 0.474. The number of hydrogen-bond acceptors (Lipinski definition) is 8. The van der Waals surface area contributed by atoms with Crippen molar-refractivity contribution in [2.45, 2.75) is 38.3 Å². The summed E-state index contributed by atoms with van der Waals surface area (Å²) in [5.41, 5.74) is 0.730. The zero-order chi connectivity index (χ0) is 21.9. The Morgan fingerprint density at radius 3 is 2.67 bits per heavy atom. The van der Waals surface area contributed by atoms with Gasteiger partial charge in [0.25, 0.3) is 5.91 Å². The van der Waals surface area contributed by atoms with Crippen LogP contribution in [0.15, 0.2) is 28.8 Å². The number of rotatable bonds is 7. The van der Waals surface area contributed by atoms with Crippen LogP contribution in [0.3, 0.4) is 0 Å². The molecule has 1 aliphatic rings. The average molecular weight is 456 g/mol. The molecule has 0 N–H and O–H groups in total. The van der Waals surface area contributed by atoms with Crippen LogP contribution >= 0.6 is 11.6 Å². The Morgan fingerprint density at radius 2 is 2.03 bits per heavy atom. The normalized spacial score (nSPS) is 18.7. The minimum Gasteiger partial charge on any atom is -0.453 e. The van der Waals surface area contributed by atoms with Crippen molar-refractivity contribution in [1.29, 1.82) is 0 Å². The molecule has 3 rings (SSSR count). The van der Waals surface area contributed by atoms with Crippen LogP contribution in [-0.4, -0.2) is 66.0 Å². The van der Waals surface area contributed by atoms with Gasteiger partial charge in [-0.05, 0) is 37.6 Å². The lowest BCUT2D eigenvalue weighted by molar-refractivity contribution is -0.159. The van der Waals surface area contributed by atoms with Crippen LogP contribution in [0.25, 0.3) is 11.4 Å². The van der Waals surface area contributed by atoms with Crippen LogP contribution < -0.4 is 0 Å². The summed E-state index contributed by atoms with van der Waals surface area (Å²) in [6, 6.07) is 6.53. The van der Waals surface area contributed by atoms with E-state index in [0.29, 0.717) is 17.3 Å². The summed E-state index contributed by atoms with van der Waals surface area (Å²) >= 11 is 5.85. The smallest absolute Gasteiger partial charge is 0.307 e. The van der Waals surface area contributed by atoms with E-state index in [1.54, 1.807) is 24.3 Å². The van der Waals surface area contributed by atoms with Crippen molar-refractivity contribution in [3.8, 4) is 11.4 Å². The molecular formula is C19H22ClN3O6S. The average Bonchev–Trinajstić information content (AvgIpc) is 3.32. The first kappa shape index (κ1) is 22.2. The number of amides is 1. The van der Waals surface area contributed by atoms with Gasteiger partial charge < -0.3 is 14.2 Å². The number of aromatic nitrogens is 2. The Hall–Kier alpha value is -2.46. The molecule has 30 heavy (non-hydrogen) atoms. The van der Waals surface area contributed by atoms with E-state index in [9.17, 15) is 18.0 Å². The third kappa shape index (κ3) is 5.57. The molecule has 11 heteroatoms. The molecule has 1 aromatic heterocycles. The first-order valence-corrected chi connectivity index (χ1v) is 11.6. The van der Waals surface area contributed by atoms with Gasteiger partial charge in [0, 0.05) is 30.1 Å². The SMILES string of the molecule is C[C@H](OC(=O)CCc1nc(-c2ccc(Cl)cc2)no1)C(=O)N(C)[C@H]1CCS(=O)(=O)C1. The predicted octanol–water partition coefficient (Wildman–Crippen LogP) is 1.90. The number of hydrogen-bond donors (Lipinski definition) is 0. The van der Waals surface area contributed by atoms with Crippen LogP contribution in [0.5, 0.6) is 0 Å². The molecule has 1 aromatic carbocycles. The molecule has 1 fully saturated rings. The van der Waals surface area contributed by atoms with Crippen molar-refractivity contribution >= 4 is 33.3 Å². The second kappa shape index (κ2) is 9.13. The number of halogens is 1. The van der Waals surface area contributed by atoms with E-state index in [4.69, 9.17) is 20.9 Å². The molecule has 1 amide bonds. The number of benzene rings is 1. The maximum atomic E-state index is 12.4. The maximum absolute atomic E-state index is 12.4. The highest BCUT2D eigenvalue weighted by Gasteiger charge is 2.34. The molecule has 1 saturated heterocycles.